The Balaban J connectivity index is 2.38. The maximum atomic E-state index is 12.6. The van der Waals surface area contributed by atoms with Crippen LogP contribution in [0.3, 0.4) is 0 Å². The maximum absolute atomic E-state index is 12.6. The van der Waals surface area contributed by atoms with E-state index in [4.69, 9.17) is 11.6 Å². The van der Waals surface area contributed by atoms with E-state index in [1.807, 2.05) is 45.0 Å². The van der Waals surface area contributed by atoms with E-state index in [9.17, 15) is 4.79 Å². The second-order valence-electron chi connectivity index (χ2n) is 4.71. The van der Waals surface area contributed by atoms with Crippen LogP contribution in [0.25, 0.3) is 0 Å². The second kappa shape index (κ2) is 6.06. The van der Waals surface area contributed by atoms with Gasteiger partial charge in [0.05, 0.1) is 0 Å². The van der Waals surface area contributed by atoms with E-state index in [2.05, 4.69) is 4.98 Å². The lowest BCUT2D eigenvalue weighted by Gasteiger charge is -2.21. The molecule has 1 aromatic heterocycles. The van der Waals surface area contributed by atoms with Crippen LogP contribution in [0.1, 0.15) is 28.5 Å². The van der Waals surface area contributed by atoms with E-state index in [0.717, 1.165) is 16.9 Å². The van der Waals surface area contributed by atoms with Crippen LogP contribution in [-0.4, -0.2) is 17.4 Å². The Bertz CT molecular complexity index is 620. The summed E-state index contributed by atoms with van der Waals surface area (Å²) >= 11 is 5.93. The van der Waals surface area contributed by atoms with Crippen LogP contribution in [0, 0.1) is 13.8 Å². The molecule has 2 rings (SSSR count). The molecule has 0 spiro atoms. The fraction of sp³-hybridized carbons (Fsp3) is 0.250. The minimum absolute atomic E-state index is 0.0644. The Morgan fingerprint density at radius 1 is 1.25 bits per heavy atom. The zero-order valence-corrected chi connectivity index (χ0v) is 12.6. The normalized spacial score (nSPS) is 10.4. The minimum Gasteiger partial charge on any atom is -0.309 e. The van der Waals surface area contributed by atoms with E-state index < -0.39 is 0 Å². The number of amides is 1. The summed E-state index contributed by atoms with van der Waals surface area (Å²) < 4.78 is 0. The van der Waals surface area contributed by atoms with Crippen molar-refractivity contribution in [1.29, 1.82) is 0 Å². The maximum Gasteiger partial charge on any atom is 0.258 e. The number of rotatable bonds is 3. The average Bonchev–Trinajstić information content (AvgIpc) is 2.38. The molecule has 20 heavy (non-hydrogen) atoms. The third kappa shape index (κ3) is 3.17. The van der Waals surface area contributed by atoms with Crippen LogP contribution in [0.2, 0.25) is 5.15 Å². The van der Waals surface area contributed by atoms with E-state index in [-0.39, 0.29) is 5.91 Å². The fourth-order valence-corrected chi connectivity index (χ4v) is 2.40. The number of nitrogens with zero attached hydrogens (tertiary/aromatic N) is 2. The van der Waals surface area contributed by atoms with Crippen LogP contribution in [0.4, 0.5) is 5.69 Å². The number of halogens is 1. The predicted molar refractivity (Wildman–Crippen MR) is 82.5 cm³/mol. The average molecular weight is 289 g/mol. The summed E-state index contributed by atoms with van der Waals surface area (Å²) in [6, 6.07) is 11.3. The number of carbonyl (C=O) groups excluding carboxylic acids is 1. The SMILES string of the molecule is CCN(C(=O)c1cc(C)nc(Cl)c1)c1cccc(C)c1. The highest BCUT2D eigenvalue weighted by molar-refractivity contribution is 6.29. The van der Waals surface area contributed by atoms with Gasteiger partial charge in [-0.05, 0) is 50.6 Å². The van der Waals surface area contributed by atoms with Gasteiger partial charge in [-0.3, -0.25) is 4.79 Å². The Hall–Kier alpha value is -1.87. The smallest absolute Gasteiger partial charge is 0.258 e. The molecule has 0 aliphatic carbocycles. The molecular weight excluding hydrogens is 272 g/mol. The largest absolute Gasteiger partial charge is 0.309 e. The molecule has 0 atom stereocenters. The second-order valence-corrected chi connectivity index (χ2v) is 5.10. The van der Waals surface area contributed by atoms with E-state index in [0.29, 0.717) is 17.3 Å². The van der Waals surface area contributed by atoms with Crippen molar-refractivity contribution in [2.24, 2.45) is 0 Å². The number of hydrogen-bond acceptors (Lipinski definition) is 2. The topological polar surface area (TPSA) is 33.2 Å². The molecule has 0 saturated carbocycles. The lowest BCUT2D eigenvalue weighted by molar-refractivity contribution is 0.0988. The van der Waals surface area contributed by atoms with Crippen molar-refractivity contribution in [3.63, 3.8) is 0 Å². The van der Waals surface area contributed by atoms with Gasteiger partial charge in [-0.1, -0.05) is 23.7 Å². The summed E-state index contributed by atoms with van der Waals surface area (Å²) in [5.74, 6) is -0.0644. The summed E-state index contributed by atoms with van der Waals surface area (Å²) in [7, 11) is 0. The van der Waals surface area contributed by atoms with E-state index in [1.165, 1.54) is 0 Å². The van der Waals surface area contributed by atoms with Crippen molar-refractivity contribution in [2.75, 3.05) is 11.4 Å². The van der Waals surface area contributed by atoms with Gasteiger partial charge < -0.3 is 4.90 Å². The van der Waals surface area contributed by atoms with Crippen LogP contribution in [0.15, 0.2) is 36.4 Å². The highest BCUT2D eigenvalue weighted by Gasteiger charge is 2.17. The third-order valence-corrected chi connectivity index (χ3v) is 3.24. The molecule has 1 aromatic carbocycles. The Morgan fingerprint density at radius 3 is 2.60 bits per heavy atom. The van der Waals surface area contributed by atoms with Crippen molar-refractivity contribution < 1.29 is 4.79 Å². The van der Waals surface area contributed by atoms with Gasteiger partial charge in [-0.15, -0.1) is 0 Å². The number of aromatic nitrogens is 1. The highest BCUT2D eigenvalue weighted by Crippen LogP contribution is 2.20. The molecule has 0 N–H and O–H groups in total. The fourth-order valence-electron chi connectivity index (χ4n) is 2.15. The highest BCUT2D eigenvalue weighted by atomic mass is 35.5. The number of anilines is 1. The van der Waals surface area contributed by atoms with Gasteiger partial charge in [-0.2, -0.15) is 0 Å². The first-order valence-electron chi connectivity index (χ1n) is 6.54. The Labute approximate surface area is 124 Å². The van der Waals surface area contributed by atoms with Gasteiger partial charge in [0.2, 0.25) is 0 Å². The number of carbonyl (C=O) groups is 1. The molecule has 1 amide bonds. The van der Waals surface area contributed by atoms with Crippen LogP contribution in [-0.2, 0) is 0 Å². The molecule has 0 unspecified atom stereocenters. The van der Waals surface area contributed by atoms with Crippen molar-refractivity contribution in [2.45, 2.75) is 20.8 Å². The minimum atomic E-state index is -0.0644. The molecule has 0 saturated heterocycles. The first-order chi connectivity index (χ1) is 9.51. The molecule has 4 heteroatoms. The Kier molecular flexibility index (Phi) is 4.40. The molecule has 1 heterocycles. The first-order valence-corrected chi connectivity index (χ1v) is 6.91. The number of hydrogen-bond donors (Lipinski definition) is 0. The van der Waals surface area contributed by atoms with Crippen LogP contribution >= 0.6 is 11.6 Å². The van der Waals surface area contributed by atoms with Crippen molar-refractivity contribution in [3.8, 4) is 0 Å². The molecule has 104 valence electrons. The summed E-state index contributed by atoms with van der Waals surface area (Å²) in [6.45, 7) is 6.39. The van der Waals surface area contributed by atoms with Gasteiger partial charge in [-0.25, -0.2) is 4.98 Å². The lowest BCUT2D eigenvalue weighted by Crippen LogP contribution is -2.30. The monoisotopic (exact) mass is 288 g/mol. The van der Waals surface area contributed by atoms with E-state index in [1.54, 1.807) is 17.0 Å². The molecule has 0 aliphatic rings. The first kappa shape index (κ1) is 14.5. The molecule has 0 bridgehead atoms. The van der Waals surface area contributed by atoms with Gasteiger partial charge in [0.15, 0.2) is 0 Å². The zero-order valence-electron chi connectivity index (χ0n) is 11.9. The molecule has 0 radical (unpaired) electrons. The quantitative estimate of drug-likeness (QED) is 0.799. The Morgan fingerprint density at radius 2 is 2.00 bits per heavy atom. The van der Waals surface area contributed by atoms with Crippen LogP contribution < -0.4 is 4.90 Å². The number of benzene rings is 1. The standard InChI is InChI=1S/C16H17ClN2O/c1-4-19(14-7-5-6-11(2)8-14)16(20)13-9-12(3)18-15(17)10-13/h5-10H,4H2,1-3H3. The van der Waals surface area contributed by atoms with Crippen molar-refractivity contribution in [1.82, 2.24) is 4.98 Å². The molecule has 2 aromatic rings. The zero-order chi connectivity index (χ0) is 14.7. The molecule has 0 fully saturated rings. The summed E-state index contributed by atoms with van der Waals surface area (Å²) in [5, 5.41) is 0.341. The van der Waals surface area contributed by atoms with Gasteiger partial charge in [0.1, 0.15) is 5.15 Å². The molecule has 0 aliphatic heterocycles. The molecular formula is C16H17ClN2O. The summed E-state index contributed by atoms with van der Waals surface area (Å²) in [5.41, 5.74) is 3.31. The lowest BCUT2D eigenvalue weighted by atomic mass is 10.1. The van der Waals surface area contributed by atoms with Crippen molar-refractivity contribution in [3.05, 3.63) is 58.4 Å². The summed E-state index contributed by atoms with van der Waals surface area (Å²) in [6.07, 6.45) is 0. The van der Waals surface area contributed by atoms with Gasteiger partial charge >= 0.3 is 0 Å². The predicted octanol–water partition coefficient (Wildman–Crippen LogP) is 4.02. The number of pyridine rings is 1. The van der Waals surface area contributed by atoms with Gasteiger partial charge in [0.25, 0.3) is 5.91 Å². The summed E-state index contributed by atoms with van der Waals surface area (Å²) in [4.78, 5) is 18.4. The van der Waals surface area contributed by atoms with Gasteiger partial charge in [0, 0.05) is 23.5 Å². The van der Waals surface area contributed by atoms with Crippen molar-refractivity contribution >= 4 is 23.2 Å². The number of aryl methyl sites for hydroxylation is 2. The third-order valence-electron chi connectivity index (χ3n) is 3.04. The van der Waals surface area contributed by atoms with E-state index >= 15 is 0 Å². The molecule has 3 nitrogen and oxygen atoms in total. The van der Waals surface area contributed by atoms with Crippen LogP contribution in [0.5, 0.6) is 0 Å².